The van der Waals surface area contributed by atoms with Gasteiger partial charge in [-0.25, -0.2) is 9.37 Å². The van der Waals surface area contributed by atoms with Crippen molar-refractivity contribution in [1.29, 1.82) is 0 Å². The lowest BCUT2D eigenvalue weighted by Crippen LogP contribution is -2.31. The van der Waals surface area contributed by atoms with Gasteiger partial charge in [0.2, 0.25) is 5.88 Å². The van der Waals surface area contributed by atoms with Gasteiger partial charge in [0.1, 0.15) is 5.69 Å². The molecule has 7 nitrogen and oxygen atoms in total. The largest absolute Gasteiger partial charge is 0.479 e. The number of methoxy groups -OCH3 is 1. The number of carbonyl (C=O) groups is 1. The van der Waals surface area contributed by atoms with Crippen LogP contribution in [0.25, 0.3) is 11.3 Å². The minimum Gasteiger partial charge on any atom is -0.479 e. The molecule has 0 unspecified atom stereocenters. The van der Waals surface area contributed by atoms with Crippen LogP contribution in [-0.2, 0) is 7.05 Å². The fraction of sp³-hybridized carbons (Fsp3) is 0.118. The minimum atomic E-state index is -0.631. The molecule has 2 heterocycles. The smallest absolute Gasteiger partial charge is 0.287 e. The predicted molar refractivity (Wildman–Crippen MR) is 90.5 cm³/mol. The van der Waals surface area contributed by atoms with Gasteiger partial charge in [0, 0.05) is 18.7 Å². The summed E-state index contributed by atoms with van der Waals surface area (Å²) in [7, 11) is 3.00. The Labute approximate surface area is 143 Å². The molecule has 25 heavy (non-hydrogen) atoms. The van der Waals surface area contributed by atoms with Crippen molar-refractivity contribution in [3.05, 3.63) is 60.2 Å². The van der Waals surface area contributed by atoms with Crippen molar-refractivity contribution in [1.82, 2.24) is 20.2 Å². The van der Waals surface area contributed by atoms with Crippen LogP contribution in [0, 0.1) is 5.82 Å². The Morgan fingerprint density at radius 1 is 1.24 bits per heavy atom. The highest BCUT2D eigenvalue weighted by Crippen LogP contribution is 2.19. The van der Waals surface area contributed by atoms with Crippen molar-refractivity contribution in [2.24, 2.45) is 7.05 Å². The number of aryl methyl sites for hydroxylation is 1. The van der Waals surface area contributed by atoms with Gasteiger partial charge in [-0.2, -0.15) is 5.10 Å². The monoisotopic (exact) mass is 341 g/mol. The third kappa shape index (κ3) is 3.57. The van der Waals surface area contributed by atoms with Crippen LogP contribution in [0.1, 0.15) is 10.5 Å². The Balaban J connectivity index is 1.71. The SMILES string of the molecule is COc1ncc(NNC(=O)c2cc(-c3ccccc3)nn2C)cc1F. The number of benzene rings is 1. The second-order valence-corrected chi connectivity index (χ2v) is 5.20. The molecule has 2 N–H and O–H groups in total. The Bertz CT molecular complexity index is 895. The molecule has 0 bridgehead atoms. The number of anilines is 1. The van der Waals surface area contributed by atoms with Gasteiger partial charge in [0.15, 0.2) is 5.82 Å². The molecule has 0 spiro atoms. The van der Waals surface area contributed by atoms with Gasteiger partial charge < -0.3 is 4.74 Å². The predicted octanol–water partition coefficient (Wildman–Crippen LogP) is 2.39. The number of halogens is 1. The molecule has 0 saturated heterocycles. The van der Waals surface area contributed by atoms with Crippen LogP contribution in [0.4, 0.5) is 10.1 Å². The fourth-order valence-corrected chi connectivity index (χ4v) is 2.27. The van der Waals surface area contributed by atoms with Gasteiger partial charge in [-0.15, -0.1) is 0 Å². The average molecular weight is 341 g/mol. The van der Waals surface area contributed by atoms with E-state index in [1.807, 2.05) is 30.3 Å². The van der Waals surface area contributed by atoms with E-state index in [-0.39, 0.29) is 11.6 Å². The van der Waals surface area contributed by atoms with E-state index in [0.717, 1.165) is 5.56 Å². The molecule has 1 aromatic carbocycles. The Kier molecular flexibility index (Phi) is 4.60. The lowest BCUT2D eigenvalue weighted by molar-refractivity contribution is 0.0953. The number of hydrogen-bond acceptors (Lipinski definition) is 5. The van der Waals surface area contributed by atoms with Crippen LogP contribution in [0.15, 0.2) is 48.7 Å². The zero-order valence-corrected chi connectivity index (χ0v) is 13.7. The van der Waals surface area contributed by atoms with E-state index in [0.29, 0.717) is 11.4 Å². The number of ether oxygens (including phenoxy) is 1. The highest BCUT2D eigenvalue weighted by molar-refractivity contribution is 5.94. The van der Waals surface area contributed by atoms with E-state index in [1.54, 1.807) is 13.1 Å². The average Bonchev–Trinajstić information content (AvgIpc) is 3.02. The van der Waals surface area contributed by atoms with Gasteiger partial charge in [-0.05, 0) is 6.07 Å². The first-order chi connectivity index (χ1) is 12.1. The topological polar surface area (TPSA) is 81.1 Å². The molecule has 3 aromatic rings. The summed E-state index contributed by atoms with van der Waals surface area (Å²) >= 11 is 0. The first-order valence-corrected chi connectivity index (χ1v) is 7.44. The van der Waals surface area contributed by atoms with Crippen molar-refractivity contribution in [2.45, 2.75) is 0 Å². The standard InChI is InChI=1S/C17H16FN5O2/c1-23-15(9-14(22-23)11-6-4-3-5-7-11)16(24)21-20-12-8-13(18)17(25-2)19-10-12/h3-10,20H,1-2H3,(H,21,24). The summed E-state index contributed by atoms with van der Waals surface area (Å²) in [4.78, 5) is 16.1. The Morgan fingerprint density at radius 3 is 2.68 bits per heavy atom. The van der Waals surface area contributed by atoms with Crippen LogP contribution >= 0.6 is 0 Å². The third-order valence-corrected chi connectivity index (χ3v) is 3.50. The maximum Gasteiger partial charge on any atom is 0.287 e. The van der Waals surface area contributed by atoms with Crippen LogP contribution in [0.3, 0.4) is 0 Å². The van der Waals surface area contributed by atoms with Crippen molar-refractivity contribution in [3.63, 3.8) is 0 Å². The number of rotatable bonds is 5. The first kappa shape index (κ1) is 16.4. The van der Waals surface area contributed by atoms with Gasteiger partial charge in [-0.3, -0.25) is 20.3 Å². The van der Waals surface area contributed by atoms with Crippen LogP contribution in [-0.4, -0.2) is 27.8 Å². The number of nitrogens with one attached hydrogen (secondary N) is 2. The normalized spacial score (nSPS) is 10.4. The minimum absolute atomic E-state index is 0.115. The van der Waals surface area contributed by atoms with Gasteiger partial charge >= 0.3 is 0 Å². The third-order valence-electron chi connectivity index (χ3n) is 3.50. The molecule has 1 amide bonds. The molecular weight excluding hydrogens is 325 g/mol. The molecule has 0 aliphatic rings. The number of pyridine rings is 1. The fourth-order valence-electron chi connectivity index (χ4n) is 2.27. The molecule has 0 aliphatic heterocycles. The van der Waals surface area contributed by atoms with Crippen LogP contribution < -0.4 is 15.6 Å². The van der Waals surface area contributed by atoms with Crippen molar-refractivity contribution >= 4 is 11.6 Å². The summed E-state index contributed by atoms with van der Waals surface area (Å²) < 4.78 is 19.8. The summed E-state index contributed by atoms with van der Waals surface area (Å²) in [6.45, 7) is 0. The van der Waals surface area contributed by atoms with E-state index in [2.05, 4.69) is 20.9 Å². The summed E-state index contributed by atoms with van der Waals surface area (Å²) in [6, 6.07) is 12.4. The second-order valence-electron chi connectivity index (χ2n) is 5.20. The van der Waals surface area contributed by atoms with E-state index < -0.39 is 11.7 Å². The highest BCUT2D eigenvalue weighted by Gasteiger charge is 2.14. The summed E-state index contributed by atoms with van der Waals surface area (Å²) in [5.41, 5.74) is 7.34. The molecular formula is C17H16FN5O2. The van der Waals surface area contributed by atoms with E-state index >= 15 is 0 Å². The van der Waals surface area contributed by atoms with Crippen LogP contribution in [0.5, 0.6) is 5.88 Å². The second kappa shape index (κ2) is 7.00. The van der Waals surface area contributed by atoms with Crippen molar-refractivity contribution in [3.8, 4) is 17.1 Å². The lowest BCUT2D eigenvalue weighted by Gasteiger charge is -2.09. The Hall–Kier alpha value is -3.42. The molecule has 0 aliphatic carbocycles. The number of aromatic nitrogens is 3. The molecule has 0 atom stereocenters. The number of hydrazine groups is 1. The van der Waals surface area contributed by atoms with E-state index in [9.17, 15) is 9.18 Å². The summed E-state index contributed by atoms with van der Waals surface area (Å²) in [5.74, 6) is -1.15. The molecule has 128 valence electrons. The zero-order chi connectivity index (χ0) is 17.8. The van der Waals surface area contributed by atoms with Crippen molar-refractivity contribution in [2.75, 3.05) is 12.5 Å². The van der Waals surface area contributed by atoms with Gasteiger partial charge in [-0.1, -0.05) is 30.3 Å². The maximum atomic E-state index is 13.6. The highest BCUT2D eigenvalue weighted by atomic mass is 19.1. The van der Waals surface area contributed by atoms with E-state index in [4.69, 9.17) is 4.74 Å². The summed E-state index contributed by atoms with van der Waals surface area (Å²) in [5, 5.41) is 4.33. The van der Waals surface area contributed by atoms with Crippen molar-refractivity contribution < 1.29 is 13.9 Å². The Morgan fingerprint density at radius 2 is 2.00 bits per heavy atom. The van der Waals surface area contributed by atoms with Gasteiger partial charge in [0.05, 0.1) is 24.7 Å². The summed E-state index contributed by atoms with van der Waals surface area (Å²) in [6.07, 6.45) is 1.35. The number of carbonyl (C=O) groups excluding carboxylic acids is 1. The molecule has 0 saturated carbocycles. The maximum absolute atomic E-state index is 13.6. The van der Waals surface area contributed by atoms with E-state index in [1.165, 1.54) is 24.1 Å². The quantitative estimate of drug-likeness (QED) is 0.697. The lowest BCUT2D eigenvalue weighted by atomic mass is 10.1. The first-order valence-electron chi connectivity index (χ1n) is 7.44. The number of nitrogens with zero attached hydrogens (tertiary/aromatic N) is 3. The molecule has 2 aromatic heterocycles. The molecule has 0 radical (unpaired) electrons. The number of hydrogen-bond donors (Lipinski definition) is 2. The van der Waals surface area contributed by atoms with Crippen LogP contribution in [0.2, 0.25) is 0 Å². The molecule has 0 fully saturated rings. The number of amides is 1. The van der Waals surface area contributed by atoms with Gasteiger partial charge in [0.25, 0.3) is 5.91 Å². The zero-order valence-electron chi connectivity index (χ0n) is 13.7. The molecule has 8 heteroatoms. The molecule has 3 rings (SSSR count).